The number of aliphatic hydroxyl groups excluding tert-OH is 2. The fourth-order valence-electron chi connectivity index (χ4n) is 6.84. The van der Waals surface area contributed by atoms with Crippen LogP contribution in [0.2, 0.25) is 0 Å². The zero-order valence-corrected chi connectivity index (χ0v) is 34.4. The van der Waals surface area contributed by atoms with Crippen molar-refractivity contribution in [2.45, 2.75) is 251 Å². The Morgan fingerprint density at radius 3 is 1.14 bits per heavy atom. The third-order valence-electron chi connectivity index (χ3n) is 10.3. The molecule has 0 aromatic rings. The lowest BCUT2D eigenvalue weighted by Gasteiger charge is -2.19. The Balaban J connectivity index is 3.60. The van der Waals surface area contributed by atoms with E-state index >= 15 is 0 Å². The minimum atomic E-state index is -0.861. The van der Waals surface area contributed by atoms with Crippen molar-refractivity contribution in [1.29, 1.82) is 0 Å². The Bertz CT molecular complexity index is 775. The predicted molar refractivity (Wildman–Crippen MR) is 225 cm³/mol. The maximum Gasteiger partial charge on any atom is 0.220 e. The molecule has 0 rings (SSSR count). The highest BCUT2D eigenvalue weighted by Gasteiger charge is 2.17. The first-order valence-corrected chi connectivity index (χ1v) is 22.7. The number of amides is 1. The van der Waals surface area contributed by atoms with Crippen molar-refractivity contribution in [3.63, 3.8) is 0 Å². The number of nitrogens with one attached hydrogen (secondary N) is 1. The molecule has 0 aliphatic heterocycles. The van der Waals surface area contributed by atoms with Crippen LogP contribution >= 0.6 is 0 Å². The molecule has 1 amide bonds. The molecular weight excluding hydrogens is 627 g/mol. The molecule has 0 spiro atoms. The van der Waals surface area contributed by atoms with E-state index in [1.54, 1.807) is 6.08 Å². The van der Waals surface area contributed by atoms with Gasteiger partial charge in [-0.25, -0.2) is 0 Å². The smallest absolute Gasteiger partial charge is 0.220 e. The molecule has 3 N–H and O–H groups in total. The molecular formula is C47H89NO3. The molecule has 4 heteroatoms. The van der Waals surface area contributed by atoms with Gasteiger partial charge in [0.25, 0.3) is 0 Å². The van der Waals surface area contributed by atoms with E-state index in [1.165, 1.54) is 186 Å². The Kier molecular flexibility index (Phi) is 41.8. The molecule has 0 saturated carbocycles. The molecule has 0 aromatic heterocycles. The van der Waals surface area contributed by atoms with E-state index in [2.05, 4.69) is 43.5 Å². The van der Waals surface area contributed by atoms with Gasteiger partial charge in [0.05, 0.1) is 18.8 Å². The standard InChI is InChI=1S/C47H89NO3/c1-3-5-7-9-11-13-15-17-19-21-23-25-26-28-30-32-34-36-38-40-42-46(50)45(44-49)48-47(51)43-41-39-37-35-33-31-29-27-24-22-20-18-16-14-12-10-8-6-4-2/h18,20,32,34,40,42,45-46,49-50H,3-17,19,21-31,33,35-39,41,43-44H2,1-2H3,(H,48,51)/b20-18-,34-32+,42-40+. The Morgan fingerprint density at radius 1 is 0.451 bits per heavy atom. The molecule has 4 nitrogen and oxygen atoms in total. The number of rotatable bonds is 41. The highest BCUT2D eigenvalue weighted by Crippen LogP contribution is 2.15. The second-order valence-corrected chi connectivity index (χ2v) is 15.5. The van der Waals surface area contributed by atoms with E-state index in [1.807, 2.05) is 6.08 Å². The minimum Gasteiger partial charge on any atom is -0.394 e. The number of aliphatic hydroxyl groups is 2. The summed E-state index contributed by atoms with van der Waals surface area (Å²) in [6.45, 7) is 4.30. The summed E-state index contributed by atoms with van der Waals surface area (Å²) < 4.78 is 0. The number of hydrogen-bond acceptors (Lipinski definition) is 3. The van der Waals surface area contributed by atoms with Gasteiger partial charge in [-0.1, -0.05) is 211 Å². The molecule has 0 aliphatic carbocycles. The van der Waals surface area contributed by atoms with Gasteiger partial charge in [-0.15, -0.1) is 0 Å². The van der Waals surface area contributed by atoms with Crippen molar-refractivity contribution in [3.05, 3.63) is 36.5 Å². The number of carbonyl (C=O) groups excluding carboxylic acids is 1. The van der Waals surface area contributed by atoms with Crippen LogP contribution in [0, 0.1) is 0 Å². The lowest BCUT2D eigenvalue weighted by Crippen LogP contribution is -2.45. The summed E-state index contributed by atoms with van der Waals surface area (Å²) in [6.07, 6.45) is 56.8. The number of carbonyl (C=O) groups is 1. The number of unbranched alkanes of at least 4 members (excludes halogenated alkanes) is 30. The monoisotopic (exact) mass is 716 g/mol. The summed E-state index contributed by atoms with van der Waals surface area (Å²) in [5.74, 6) is -0.0750. The fourth-order valence-corrected chi connectivity index (χ4v) is 6.84. The van der Waals surface area contributed by atoms with E-state index in [0.717, 1.165) is 32.1 Å². The first kappa shape index (κ1) is 49.6. The second kappa shape index (κ2) is 43.0. The lowest BCUT2D eigenvalue weighted by atomic mass is 10.0. The van der Waals surface area contributed by atoms with Crippen molar-refractivity contribution in [2.75, 3.05) is 6.61 Å². The highest BCUT2D eigenvalue weighted by molar-refractivity contribution is 5.76. The van der Waals surface area contributed by atoms with Crippen molar-refractivity contribution < 1.29 is 15.0 Å². The van der Waals surface area contributed by atoms with Gasteiger partial charge in [0.1, 0.15) is 0 Å². The minimum absolute atomic E-state index is 0.0750. The fraction of sp³-hybridized carbons (Fsp3) is 0.851. The van der Waals surface area contributed by atoms with Crippen LogP contribution in [0.5, 0.6) is 0 Å². The maximum absolute atomic E-state index is 12.4. The third-order valence-corrected chi connectivity index (χ3v) is 10.3. The molecule has 0 aliphatic rings. The molecule has 0 bridgehead atoms. The van der Waals surface area contributed by atoms with Crippen molar-refractivity contribution in [1.82, 2.24) is 5.32 Å². The van der Waals surface area contributed by atoms with Crippen LogP contribution in [0.1, 0.15) is 239 Å². The van der Waals surface area contributed by atoms with Crippen molar-refractivity contribution in [3.8, 4) is 0 Å². The zero-order valence-electron chi connectivity index (χ0n) is 34.4. The van der Waals surface area contributed by atoms with Gasteiger partial charge < -0.3 is 15.5 Å². The second-order valence-electron chi connectivity index (χ2n) is 15.5. The van der Waals surface area contributed by atoms with E-state index in [-0.39, 0.29) is 12.5 Å². The van der Waals surface area contributed by atoms with Crippen LogP contribution in [0.25, 0.3) is 0 Å². The highest BCUT2D eigenvalue weighted by atomic mass is 16.3. The molecule has 300 valence electrons. The Hall–Kier alpha value is -1.39. The summed E-state index contributed by atoms with van der Waals surface area (Å²) in [5, 5.41) is 23.0. The largest absolute Gasteiger partial charge is 0.394 e. The lowest BCUT2D eigenvalue weighted by molar-refractivity contribution is -0.123. The molecule has 2 unspecified atom stereocenters. The molecule has 0 aromatic carbocycles. The Labute approximate surface area is 319 Å². The molecule has 51 heavy (non-hydrogen) atoms. The van der Waals surface area contributed by atoms with E-state index < -0.39 is 12.1 Å². The summed E-state index contributed by atoms with van der Waals surface area (Å²) in [7, 11) is 0. The first-order valence-electron chi connectivity index (χ1n) is 22.7. The zero-order chi connectivity index (χ0) is 37.1. The summed E-state index contributed by atoms with van der Waals surface area (Å²) in [6, 6.07) is -0.638. The quantitative estimate of drug-likeness (QED) is 0.0436. The van der Waals surface area contributed by atoms with Gasteiger partial charge in [0.2, 0.25) is 5.91 Å². The molecule has 0 heterocycles. The third kappa shape index (κ3) is 39.6. The molecule has 0 radical (unpaired) electrons. The van der Waals surface area contributed by atoms with E-state index in [9.17, 15) is 15.0 Å². The van der Waals surface area contributed by atoms with Crippen molar-refractivity contribution in [2.24, 2.45) is 0 Å². The SMILES string of the molecule is CCCCCCCC/C=C\CCCCCCCCCCCC(=O)NC(CO)C(O)/C=C/CC/C=C/CCCCCCCCCCCCCCCC. The first-order chi connectivity index (χ1) is 25.2. The van der Waals surface area contributed by atoms with Crippen molar-refractivity contribution >= 4 is 5.91 Å². The van der Waals surface area contributed by atoms with Gasteiger partial charge in [-0.05, 0) is 57.8 Å². The van der Waals surface area contributed by atoms with E-state index in [4.69, 9.17) is 0 Å². The van der Waals surface area contributed by atoms with Crippen LogP contribution < -0.4 is 5.32 Å². The van der Waals surface area contributed by atoms with Crippen LogP contribution in [0.15, 0.2) is 36.5 Å². The van der Waals surface area contributed by atoms with Gasteiger partial charge in [0, 0.05) is 6.42 Å². The average Bonchev–Trinajstić information content (AvgIpc) is 3.13. The maximum atomic E-state index is 12.4. The molecule has 0 saturated heterocycles. The van der Waals surface area contributed by atoms with E-state index in [0.29, 0.717) is 6.42 Å². The normalized spacial score (nSPS) is 13.3. The average molecular weight is 716 g/mol. The number of allylic oxidation sites excluding steroid dienone is 5. The number of hydrogen-bond donors (Lipinski definition) is 3. The predicted octanol–water partition coefficient (Wildman–Crippen LogP) is 14.2. The topological polar surface area (TPSA) is 69.6 Å². The summed E-state index contributed by atoms with van der Waals surface area (Å²) in [5.41, 5.74) is 0. The summed E-state index contributed by atoms with van der Waals surface area (Å²) in [4.78, 5) is 12.4. The van der Waals surface area contributed by atoms with Gasteiger partial charge in [-0.3, -0.25) is 4.79 Å². The van der Waals surface area contributed by atoms with Crippen LogP contribution in [-0.4, -0.2) is 34.9 Å². The van der Waals surface area contributed by atoms with Gasteiger partial charge >= 0.3 is 0 Å². The van der Waals surface area contributed by atoms with Crippen LogP contribution in [0.3, 0.4) is 0 Å². The van der Waals surface area contributed by atoms with Crippen LogP contribution in [0.4, 0.5) is 0 Å². The van der Waals surface area contributed by atoms with Gasteiger partial charge in [-0.2, -0.15) is 0 Å². The Morgan fingerprint density at radius 2 is 0.765 bits per heavy atom. The summed E-state index contributed by atoms with van der Waals surface area (Å²) >= 11 is 0. The van der Waals surface area contributed by atoms with Crippen LogP contribution in [-0.2, 0) is 4.79 Å². The molecule has 0 fully saturated rings. The molecule has 2 atom stereocenters. The van der Waals surface area contributed by atoms with Gasteiger partial charge in [0.15, 0.2) is 0 Å².